The lowest BCUT2D eigenvalue weighted by atomic mass is 9.96. The van der Waals surface area contributed by atoms with Gasteiger partial charge in [-0.1, -0.05) is 25.1 Å². The van der Waals surface area contributed by atoms with Gasteiger partial charge in [0, 0.05) is 24.0 Å². The topological polar surface area (TPSA) is 54.2 Å². The van der Waals surface area contributed by atoms with Crippen LogP contribution in [0, 0.1) is 0 Å². The largest absolute Gasteiger partial charge is 0.388 e. The van der Waals surface area contributed by atoms with Gasteiger partial charge in [-0.3, -0.25) is 4.98 Å². The van der Waals surface area contributed by atoms with E-state index in [-0.39, 0.29) is 5.54 Å². The van der Waals surface area contributed by atoms with Crippen LogP contribution in [0.1, 0.15) is 31.4 Å². The normalized spacial score (nSPS) is 17.6. The summed E-state index contributed by atoms with van der Waals surface area (Å²) in [5.41, 5.74) is 7.58. The number of nitrogens with two attached hydrogens (primary N) is 1. The second-order valence-corrected chi connectivity index (χ2v) is 5.91. The van der Waals surface area contributed by atoms with E-state index in [0.29, 0.717) is 10.7 Å². The van der Waals surface area contributed by atoms with Gasteiger partial charge in [-0.05, 0) is 39.1 Å². The van der Waals surface area contributed by atoms with Crippen molar-refractivity contribution in [2.75, 3.05) is 26.0 Å². The lowest BCUT2D eigenvalue weighted by Gasteiger charge is -2.36. The molecule has 0 radical (unpaired) electrons. The SMILES string of the molecule is CN(C)C1(CNc2ccnc(C(N)=S)c2)CCCC1. The maximum Gasteiger partial charge on any atom is 0.122 e. The molecule has 4 nitrogen and oxygen atoms in total. The molecule has 0 aromatic carbocycles. The molecule has 0 unspecified atom stereocenters. The summed E-state index contributed by atoms with van der Waals surface area (Å²) in [4.78, 5) is 6.84. The summed E-state index contributed by atoms with van der Waals surface area (Å²) in [6, 6.07) is 3.88. The second kappa shape index (κ2) is 5.84. The van der Waals surface area contributed by atoms with E-state index in [2.05, 4.69) is 29.3 Å². The molecule has 1 aliphatic carbocycles. The first-order chi connectivity index (χ1) is 9.03. The highest BCUT2D eigenvalue weighted by Gasteiger charge is 2.35. The molecular formula is C14H22N4S. The minimum atomic E-state index is 0.270. The minimum Gasteiger partial charge on any atom is -0.388 e. The van der Waals surface area contributed by atoms with Crippen molar-refractivity contribution in [2.24, 2.45) is 5.73 Å². The molecule has 2 rings (SSSR count). The first kappa shape index (κ1) is 14.2. The Bertz CT molecular complexity index is 453. The molecule has 1 aliphatic rings. The third-order valence-corrected chi connectivity index (χ3v) is 4.33. The van der Waals surface area contributed by atoms with E-state index in [1.54, 1.807) is 6.20 Å². The molecular weight excluding hydrogens is 256 g/mol. The fourth-order valence-corrected chi connectivity index (χ4v) is 2.87. The number of nitrogens with zero attached hydrogens (tertiary/aromatic N) is 2. The number of rotatable bonds is 5. The van der Waals surface area contributed by atoms with E-state index in [1.165, 1.54) is 25.7 Å². The summed E-state index contributed by atoms with van der Waals surface area (Å²) in [6.45, 7) is 0.945. The van der Waals surface area contributed by atoms with Gasteiger partial charge in [-0.2, -0.15) is 0 Å². The van der Waals surface area contributed by atoms with Crippen molar-refractivity contribution in [1.29, 1.82) is 0 Å². The zero-order valence-electron chi connectivity index (χ0n) is 11.6. The number of hydrogen-bond acceptors (Lipinski definition) is 4. The quantitative estimate of drug-likeness (QED) is 0.807. The third-order valence-electron chi connectivity index (χ3n) is 4.12. The predicted molar refractivity (Wildman–Crippen MR) is 83.5 cm³/mol. The molecule has 5 heteroatoms. The minimum absolute atomic E-state index is 0.270. The number of anilines is 1. The maximum atomic E-state index is 5.61. The second-order valence-electron chi connectivity index (χ2n) is 5.47. The van der Waals surface area contributed by atoms with Gasteiger partial charge in [0.1, 0.15) is 4.99 Å². The average molecular weight is 278 g/mol. The summed E-state index contributed by atoms with van der Waals surface area (Å²) in [5, 5.41) is 3.51. The molecule has 1 aromatic heterocycles. The molecule has 1 saturated carbocycles. The zero-order valence-corrected chi connectivity index (χ0v) is 12.5. The Morgan fingerprint density at radius 3 is 2.74 bits per heavy atom. The highest BCUT2D eigenvalue weighted by atomic mass is 32.1. The molecule has 0 spiro atoms. The van der Waals surface area contributed by atoms with Crippen molar-refractivity contribution in [2.45, 2.75) is 31.2 Å². The summed E-state index contributed by atoms with van der Waals surface area (Å²) in [5.74, 6) is 0. The molecule has 19 heavy (non-hydrogen) atoms. The lowest BCUT2D eigenvalue weighted by Crippen LogP contribution is -2.47. The Kier molecular flexibility index (Phi) is 4.37. The molecule has 0 bridgehead atoms. The molecule has 3 N–H and O–H groups in total. The van der Waals surface area contributed by atoms with Crippen molar-refractivity contribution < 1.29 is 0 Å². The Morgan fingerprint density at radius 2 is 2.16 bits per heavy atom. The maximum absolute atomic E-state index is 5.61. The van der Waals surface area contributed by atoms with Crippen molar-refractivity contribution in [1.82, 2.24) is 9.88 Å². The molecule has 1 aromatic rings. The smallest absolute Gasteiger partial charge is 0.122 e. The predicted octanol–water partition coefficient (Wildman–Crippen LogP) is 2.00. The molecule has 1 fully saturated rings. The fraction of sp³-hybridized carbons (Fsp3) is 0.571. The number of aromatic nitrogens is 1. The first-order valence-corrected chi connectivity index (χ1v) is 7.11. The summed E-state index contributed by atoms with van der Waals surface area (Å²) in [7, 11) is 4.33. The summed E-state index contributed by atoms with van der Waals surface area (Å²) >= 11 is 4.96. The van der Waals surface area contributed by atoms with E-state index in [9.17, 15) is 0 Å². The molecule has 0 atom stereocenters. The van der Waals surface area contributed by atoms with Gasteiger partial charge in [0.2, 0.25) is 0 Å². The van der Waals surface area contributed by atoms with Crippen molar-refractivity contribution in [3.63, 3.8) is 0 Å². The van der Waals surface area contributed by atoms with Crippen LogP contribution in [0.5, 0.6) is 0 Å². The Balaban J connectivity index is 2.05. The van der Waals surface area contributed by atoms with Crippen LogP contribution >= 0.6 is 12.2 Å². The van der Waals surface area contributed by atoms with Crippen LogP contribution in [0.3, 0.4) is 0 Å². The number of nitrogens with one attached hydrogen (secondary N) is 1. The van der Waals surface area contributed by atoms with E-state index in [1.807, 2.05) is 12.1 Å². The number of hydrogen-bond donors (Lipinski definition) is 2. The highest BCUT2D eigenvalue weighted by molar-refractivity contribution is 7.80. The number of pyridine rings is 1. The highest BCUT2D eigenvalue weighted by Crippen LogP contribution is 2.33. The van der Waals surface area contributed by atoms with Crippen molar-refractivity contribution in [3.05, 3.63) is 24.0 Å². The molecule has 1 heterocycles. The Morgan fingerprint density at radius 1 is 1.47 bits per heavy atom. The first-order valence-electron chi connectivity index (χ1n) is 6.71. The van der Waals surface area contributed by atoms with Gasteiger partial charge in [0.15, 0.2) is 0 Å². The van der Waals surface area contributed by atoms with Crippen LogP contribution in [0.25, 0.3) is 0 Å². The van der Waals surface area contributed by atoms with Crippen LogP contribution in [-0.4, -0.2) is 41.1 Å². The van der Waals surface area contributed by atoms with E-state index in [0.717, 1.165) is 12.2 Å². The summed E-state index contributed by atoms with van der Waals surface area (Å²) < 4.78 is 0. The van der Waals surface area contributed by atoms with Crippen LogP contribution in [0.2, 0.25) is 0 Å². The van der Waals surface area contributed by atoms with Crippen molar-refractivity contribution in [3.8, 4) is 0 Å². The van der Waals surface area contributed by atoms with Crippen molar-refractivity contribution >= 4 is 22.9 Å². The Hall–Kier alpha value is -1.20. The van der Waals surface area contributed by atoms with Crippen LogP contribution in [-0.2, 0) is 0 Å². The van der Waals surface area contributed by atoms with E-state index in [4.69, 9.17) is 18.0 Å². The van der Waals surface area contributed by atoms with Gasteiger partial charge < -0.3 is 16.0 Å². The third kappa shape index (κ3) is 3.22. The molecule has 0 aliphatic heterocycles. The molecule has 0 saturated heterocycles. The van der Waals surface area contributed by atoms with E-state index < -0.39 is 0 Å². The Labute approximate surface area is 120 Å². The van der Waals surface area contributed by atoms with Gasteiger partial charge in [-0.25, -0.2) is 0 Å². The van der Waals surface area contributed by atoms with Crippen LogP contribution in [0.15, 0.2) is 18.3 Å². The van der Waals surface area contributed by atoms with Gasteiger partial charge in [0.05, 0.1) is 5.69 Å². The van der Waals surface area contributed by atoms with Crippen LogP contribution < -0.4 is 11.1 Å². The number of likely N-dealkylation sites (N-methyl/N-ethyl adjacent to an activating group) is 1. The fourth-order valence-electron chi connectivity index (χ4n) is 2.76. The average Bonchev–Trinajstić information content (AvgIpc) is 2.87. The molecule has 0 amide bonds. The van der Waals surface area contributed by atoms with E-state index >= 15 is 0 Å². The van der Waals surface area contributed by atoms with Crippen LogP contribution in [0.4, 0.5) is 5.69 Å². The summed E-state index contributed by atoms with van der Waals surface area (Å²) in [6.07, 6.45) is 6.87. The van der Waals surface area contributed by atoms with Gasteiger partial charge >= 0.3 is 0 Å². The molecule has 104 valence electrons. The number of thiocarbonyl (C=S) groups is 1. The monoisotopic (exact) mass is 278 g/mol. The zero-order chi connectivity index (χ0) is 13.9. The van der Waals surface area contributed by atoms with Gasteiger partial charge in [0.25, 0.3) is 0 Å². The lowest BCUT2D eigenvalue weighted by molar-refractivity contribution is 0.172. The van der Waals surface area contributed by atoms with Gasteiger partial charge in [-0.15, -0.1) is 0 Å². The standard InChI is InChI=1S/C14H22N4S/c1-18(2)14(6-3-4-7-14)10-17-11-5-8-16-12(9-11)13(15)19/h5,8-9H,3-4,6-7,10H2,1-2H3,(H2,15,19)(H,16,17).